The Kier molecular flexibility index (Phi) is 10.0. The number of carbonyl (C=O) groups is 6. The van der Waals surface area contributed by atoms with Crippen molar-refractivity contribution in [1.29, 1.82) is 0 Å². The number of aliphatic carboxylic acids is 2. The second-order valence-corrected chi connectivity index (χ2v) is 5.62. The molecule has 0 aliphatic carbocycles. The smallest absolute Gasteiger partial charge is 0.326 e. The van der Waals surface area contributed by atoms with Gasteiger partial charge in [0, 0.05) is 6.42 Å². The van der Waals surface area contributed by atoms with E-state index >= 15 is 0 Å². The van der Waals surface area contributed by atoms with Gasteiger partial charge < -0.3 is 37.6 Å². The van der Waals surface area contributed by atoms with Gasteiger partial charge in [-0.1, -0.05) is 0 Å². The van der Waals surface area contributed by atoms with Gasteiger partial charge >= 0.3 is 11.9 Å². The minimum atomic E-state index is -1.42. The lowest BCUT2D eigenvalue weighted by Gasteiger charge is -2.17. The minimum absolute atomic E-state index is 0.325. The van der Waals surface area contributed by atoms with E-state index in [9.17, 15) is 28.8 Å². The Balaban J connectivity index is 4.43. The molecule has 13 nitrogen and oxygen atoms in total. The molecule has 152 valence electrons. The molecule has 0 radical (unpaired) electrons. The summed E-state index contributed by atoms with van der Waals surface area (Å²) in [6.07, 6.45) is -1.19. The molecule has 0 aromatic carbocycles. The van der Waals surface area contributed by atoms with Gasteiger partial charge in [0.25, 0.3) is 0 Å². The second-order valence-electron chi connectivity index (χ2n) is 5.62. The van der Waals surface area contributed by atoms with Crippen molar-refractivity contribution in [2.75, 3.05) is 6.54 Å². The predicted molar refractivity (Wildman–Crippen MR) is 88.8 cm³/mol. The van der Waals surface area contributed by atoms with Crippen LogP contribution in [0.3, 0.4) is 0 Å². The van der Waals surface area contributed by atoms with Crippen LogP contribution in [0.15, 0.2) is 0 Å². The fraction of sp³-hybridized carbons (Fsp3) is 0.571. The fourth-order valence-electron chi connectivity index (χ4n) is 1.79. The molecule has 0 heterocycles. The third kappa shape index (κ3) is 10.4. The number of nitrogens with one attached hydrogen (secondary N) is 3. The summed E-state index contributed by atoms with van der Waals surface area (Å²) in [7, 11) is 0. The van der Waals surface area contributed by atoms with E-state index < -0.39 is 73.1 Å². The largest absolute Gasteiger partial charge is 0.481 e. The zero-order valence-corrected chi connectivity index (χ0v) is 14.6. The molecular formula is C14H23N5O8. The summed E-state index contributed by atoms with van der Waals surface area (Å²) in [6, 6.07) is -3.74. The van der Waals surface area contributed by atoms with E-state index in [2.05, 4.69) is 16.0 Å². The zero-order valence-electron chi connectivity index (χ0n) is 14.6. The molecule has 0 aromatic heterocycles. The normalized spacial score (nSPS) is 13.6. The highest BCUT2D eigenvalue weighted by molar-refractivity contribution is 5.93. The molecule has 3 unspecified atom stereocenters. The quantitative estimate of drug-likeness (QED) is 0.173. The van der Waals surface area contributed by atoms with Crippen molar-refractivity contribution < 1.29 is 39.0 Å². The Morgan fingerprint density at radius 2 is 1.59 bits per heavy atom. The van der Waals surface area contributed by atoms with Crippen LogP contribution in [0.4, 0.5) is 0 Å². The molecule has 13 heteroatoms. The van der Waals surface area contributed by atoms with Gasteiger partial charge in [-0.15, -0.1) is 0 Å². The van der Waals surface area contributed by atoms with Crippen LogP contribution in [0, 0.1) is 0 Å². The third-order valence-corrected chi connectivity index (χ3v) is 3.21. The van der Waals surface area contributed by atoms with Crippen LogP contribution < -0.4 is 27.4 Å². The lowest BCUT2D eigenvalue weighted by atomic mass is 10.1. The summed E-state index contributed by atoms with van der Waals surface area (Å²) in [4.78, 5) is 67.3. The Bertz CT molecular complexity index is 608. The minimum Gasteiger partial charge on any atom is -0.481 e. The first kappa shape index (κ1) is 23.8. The second kappa shape index (κ2) is 11.4. The molecule has 0 fully saturated rings. The topological polar surface area (TPSA) is 231 Å². The van der Waals surface area contributed by atoms with Gasteiger partial charge in [-0.25, -0.2) is 4.79 Å². The number of rotatable bonds is 12. The number of amides is 4. The number of nitrogens with two attached hydrogens (primary N) is 2. The maximum Gasteiger partial charge on any atom is 0.326 e. The molecule has 0 rings (SSSR count). The highest BCUT2D eigenvalue weighted by atomic mass is 16.4. The zero-order chi connectivity index (χ0) is 21.1. The summed E-state index contributed by atoms with van der Waals surface area (Å²) in [5.74, 6) is -5.84. The summed E-state index contributed by atoms with van der Waals surface area (Å²) >= 11 is 0. The Morgan fingerprint density at radius 3 is 2.07 bits per heavy atom. The summed E-state index contributed by atoms with van der Waals surface area (Å²) in [5.41, 5.74) is 10.3. The number of carbonyl (C=O) groups excluding carboxylic acids is 4. The van der Waals surface area contributed by atoms with E-state index in [1.807, 2.05) is 0 Å². The molecule has 0 bridgehead atoms. The van der Waals surface area contributed by atoms with E-state index in [0.29, 0.717) is 0 Å². The highest BCUT2D eigenvalue weighted by Gasteiger charge is 2.23. The van der Waals surface area contributed by atoms with Crippen molar-refractivity contribution >= 4 is 35.6 Å². The van der Waals surface area contributed by atoms with Crippen molar-refractivity contribution in [2.45, 2.75) is 44.3 Å². The average Bonchev–Trinajstić information content (AvgIpc) is 2.54. The number of hydrogen-bond donors (Lipinski definition) is 7. The first-order valence-electron chi connectivity index (χ1n) is 7.80. The van der Waals surface area contributed by atoms with Crippen LogP contribution in [0.1, 0.15) is 26.2 Å². The molecule has 0 aliphatic rings. The lowest BCUT2D eigenvalue weighted by Crippen LogP contribution is -2.52. The summed E-state index contributed by atoms with van der Waals surface area (Å²) in [5, 5.41) is 23.9. The average molecular weight is 389 g/mol. The van der Waals surface area contributed by atoms with E-state index in [-0.39, 0.29) is 6.42 Å². The van der Waals surface area contributed by atoms with E-state index in [4.69, 9.17) is 21.7 Å². The molecule has 0 aromatic rings. The molecule has 0 spiro atoms. The molecule has 3 atom stereocenters. The molecule has 0 saturated heterocycles. The maximum absolute atomic E-state index is 11.8. The van der Waals surface area contributed by atoms with Crippen molar-refractivity contribution in [3.8, 4) is 0 Å². The van der Waals surface area contributed by atoms with Gasteiger partial charge in [0.05, 0.1) is 19.0 Å². The van der Waals surface area contributed by atoms with E-state index in [1.165, 1.54) is 6.92 Å². The van der Waals surface area contributed by atoms with Gasteiger partial charge in [-0.3, -0.25) is 24.0 Å². The van der Waals surface area contributed by atoms with Crippen LogP contribution in [-0.4, -0.2) is 70.5 Å². The number of carboxylic acid groups (broad SMARTS) is 2. The first-order chi connectivity index (χ1) is 12.4. The van der Waals surface area contributed by atoms with Crippen molar-refractivity contribution in [3.05, 3.63) is 0 Å². The third-order valence-electron chi connectivity index (χ3n) is 3.21. The monoisotopic (exact) mass is 389 g/mol. The standard InChI is InChI=1S/C14H23N5O8/c1-6(18-13(25)7(15)4-9(16)20)12(24)17-5-10(21)19-8(14(26)27)2-3-11(22)23/h6-8H,2-5,15H2,1H3,(H2,16,20)(H,17,24)(H,18,25)(H,19,21)(H,22,23)(H,26,27). The number of primary amides is 1. The first-order valence-corrected chi connectivity index (χ1v) is 7.80. The van der Waals surface area contributed by atoms with Crippen LogP contribution >= 0.6 is 0 Å². The van der Waals surface area contributed by atoms with Gasteiger partial charge in [0.15, 0.2) is 0 Å². The number of hydrogen-bond acceptors (Lipinski definition) is 7. The van der Waals surface area contributed by atoms with Crippen LogP contribution in [0.5, 0.6) is 0 Å². The van der Waals surface area contributed by atoms with E-state index in [0.717, 1.165) is 0 Å². The molecule has 9 N–H and O–H groups in total. The van der Waals surface area contributed by atoms with Gasteiger partial charge in [-0.2, -0.15) is 0 Å². The molecule has 4 amide bonds. The lowest BCUT2D eigenvalue weighted by molar-refractivity contribution is -0.143. The SMILES string of the molecule is CC(NC(=O)C(N)CC(N)=O)C(=O)NCC(=O)NC(CCC(=O)O)C(=O)O. The van der Waals surface area contributed by atoms with Crippen LogP contribution in [0.2, 0.25) is 0 Å². The maximum atomic E-state index is 11.8. The number of carboxylic acids is 2. The molecular weight excluding hydrogens is 366 g/mol. The Morgan fingerprint density at radius 1 is 1.00 bits per heavy atom. The fourth-order valence-corrected chi connectivity index (χ4v) is 1.79. The summed E-state index contributed by atoms with van der Waals surface area (Å²) < 4.78 is 0. The van der Waals surface area contributed by atoms with Crippen molar-refractivity contribution in [2.24, 2.45) is 11.5 Å². The van der Waals surface area contributed by atoms with Gasteiger partial charge in [-0.05, 0) is 13.3 Å². The van der Waals surface area contributed by atoms with Gasteiger partial charge in [0.2, 0.25) is 23.6 Å². The summed E-state index contributed by atoms with van der Waals surface area (Å²) in [6.45, 7) is 0.707. The predicted octanol–water partition coefficient (Wildman–Crippen LogP) is -3.76. The van der Waals surface area contributed by atoms with Crippen molar-refractivity contribution in [1.82, 2.24) is 16.0 Å². The highest BCUT2D eigenvalue weighted by Crippen LogP contribution is 1.98. The van der Waals surface area contributed by atoms with Gasteiger partial charge in [0.1, 0.15) is 12.1 Å². The van der Waals surface area contributed by atoms with Crippen LogP contribution in [-0.2, 0) is 28.8 Å². The van der Waals surface area contributed by atoms with Crippen molar-refractivity contribution in [3.63, 3.8) is 0 Å². The Hall–Kier alpha value is -3.22. The van der Waals surface area contributed by atoms with Crippen LogP contribution in [0.25, 0.3) is 0 Å². The molecule has 0 saturated carbocycles. The molecule has 0 aliphatic heterocycles. The van der Waals surface area contributed by atoms with E-state index in [1.54, 1.807) is 0 Å². The Labute approximate surface area is 153 Å². The molecule has 27 heavy (non-hydrogen) atoms.